The van der Waals surface area contributed by atoms with Crippen LogP contribution in [0.2, 0.25) is 0 Å². The second kappa shape index (κ2) is 4.80. The molecule has 0 spiro atoms. The molecule has 98 valence electrons. The third kappa shape index (κ3) is 2.88. The predicted molar refractivity (Wildman–Crippen MR) is 61.5 cm³/mol. The fraction of sp³-hybridized carbons (Fsp3) is 0.417. The van der Waals surface area contributed by atoms with E-state index in [-0.39, 0.29) is 23.6 Å². The molecule has 1 fully saturated rings. The van der Waals surface area contributed by atoms with Crippen molar-refractivity contribution in [2.75, 3.05) is 6.61 Å². The number of ether oxygens (including phenoxy) is 1. The summed E-state index contributed by atoms with van der Waals surface area (Å²) in [5.74, 6) is -1.22. The Bertz CT molecular complexity index is 473. The van der Waals surface area contributed by atoms with Crippen LogP contribution < -0.4 is 10.5 Å². The van der Waals surface area contributed by atoms with Crippen LogP contribution in [0, 0.1) is 17.0 Å². The van der Waals surface area contributed by atoms with Gasteiger partial charge in [0.15, 0.2) is 11.6 Å². The van der Waals surface area contributed by atoms with E-state index in [2.05, 4.69) is 5.16 Å². The van der Waals surface area contributed by atoms with Gasteiger partial charge in [-0.15, -0.1) is 0 Å². The molecule has 0 amide bonds. The van der Waals surface area contributed by atoms with Gasteiger partial charge in [-0.1, -0.05) is 5.16 Å². The third-order valence-corrected chi connectivity index (χ3v) is 3.07. The van der Waals surface area contributed by atoms with E-state index in [1.165, 1.54) is 6.07 Å². The number of benzene rings is 1. The van der Waals surface area contributed by atoms with E-state index in [4.69, 9.17) is 15.7 Å². The molecule has 0 atom stereocenters. The van der Waals surface area contributed by atoms with Gasteiger partial charge in [0.2, 0.25) is 0 Å². The average Bonchev–Trinajstić information content (AvgIpc) is 3.08. The average molecular weight is 256 g/mol. The zero-order valence-electron chi connectivity index (χ0n) is 9.70. The van der Waals surface area contributed by atoms with Crippen molar-refractivity contribution in [1.29, 1.82) is 0 Å². The van der Waals surface area contributed by atoms with Crippen molar-refractivity contribution < 1.29 is 18.7 Å². The van der Waals surface area contributed by atoms with Gasteiger partial charge in [0, 0.05) is 17.9 Å². The van der Waals surface area contributed by atoms with Gasteiger partial charge >= 0.3 is 0 Å². The number of nitrogens with zero attached hydrogens (tertiary/aromatic N) is 1. The minimum absolute atomic E-state index is 0.0159. The Hall–Kier alpha value is -1.85. The van der Waals surface area contributed by atoms with E-state index >= 15 is 0 Å². The van der Waals surface area contributed by atoms with E-state index in [9.17, 15) is 8.78 Å². The highest BCUT2D eigenvalue weighted by molar-refractivity contribution is 5.80. The predicted octanol–water partition coefficient (Wildman–Crippen LogP) is 2.26. The van der Waals surface area contributed by atoms with E-state index in [0.717, 1.165) is 25.0 Å². The summed E-state index contributed by atoms with van der Waals surface area (Å²) >= 11 is 0. The lowest BCUT2D eigenvalue weighted by atomic mass is 10.0. The molecule has 0 aromatic heterocycles. The normalized spacial score (nSPS) is 17.6. The molecule has 0 heterocycles. The van der Waals surface area contributed by atoms with Gasteiger partial charge in [-0.25, -0.2) is 8.78 Å². The lowest BCUT2D eigenvalue weighted by molar-refractivity contribution is 0.227. The maximum Gasteiger partial charge on any atom is 0.167 e. The second-order valence-electron chi connectivity index (χ2n) is 4.63. The van der Waals surface area contributed by atoms with Gasteiger partial charge in [-0.2, -0.15) is 0 Å². The molecule has 4 nitrogen and oxygen atoms in total. The summed E-state index contributed by atoms with van der Waals surface area (Å²) in [7, 11) is 0. The zero-order valence-corrected chi connectivity index (χ0v) is 9.70. The molecule has 1 aliphatic rings. The SMILES string of the molecule is NC(CC1(COc2ccc(F)cc2F)CC1)=NO. The number of hydrogen-bond acceptors (Lipinski definition) is 3. The Morgan fingerprint density at radius 1 is 1.44 bits per heavy atom. The molecule has 3 N–H and O–H groups in total. The minimum Gasteiger partial charge on any atom is -0.490 e. The summed E-state index contributed by atoms with van der Waals surface area (Å²) in [5, 5.41) is 11.4. The Morgan fingerprint density at radius 2 is 2.17 bits per heavy atom. The lowest BCUT2D eigenvalue weighted by Gasteiger charge is -2.15. The van der Waals surface area contributed by atoms with Gasteiger partial charge in [0.05, 0.1) is 6.61 Å². The van der Waals surface area contributed by atoms with Crippen molar-refractivity contribution in [3.05, 3.63) is 29.8 Å². The standard InChI is InChI=1S/C12H14F2N2O2/c13-8-1-2-10(9(14)5-8)18-7-12(3-4-12)6-11(15)16-17/h1-2,5,17H,3-4,6-7H2,(H2,15,16). The van der Waals surface area contributed by atoms with E-state index in [0.29, 0.717) is 6.42 Å². The maximum absolute atomic E-state index is 13.3. The Balaban J connectivity index is 1.95. The molecule has 18 heavy (non-hydrogen) atoms. The fourth-order valence-electron chi connectivity index (χ4n) is 1.79. The molecule has 1 aliphatic carbocycles. The van der Waals surface area contributed by atoms with Gasteiger partial charge < -0.3 is 15.7 Å². The van der Waals surface area contributed by atoms with Crippen LogP contribution in [0.1, 0.15) is 19.3 Å². The third-order valence-electron chi connectivity index (χ3n) is 3.07. The molecule has 0 aliphatic heterocycles. The van der Waals surface area contributed by atoms with Crippen LogP contribution in [0.25, 0.3) is 0 Å². The summed E-state index contributed by atoms with van der Waals surface area (Å²) in [4.78, 5) is 0. The minimum atomic E-state index is -0.727. The van der Waals surface area contributed by atoms with Crippen molar-refractivity contribution in [1.82, 2.24) is 0 Å². The molecule has 0 bridgehead atoms. The van der Waals surface area contributed by atoms with Crippen LogP contribution in [0.15, 0.2) is 23.4 Å². The molecule has 6 heteroatoms. The van der Waals surface area contributed by atoms with E-state index in [1.54, 1.807) is 0 Å². The van der Waals surface area contributed by atoms with Crippen LogP contribution in [0.4, 0.5) is 8.78 Å². The smallest absolute Gasteiger partial charge is 0.167 e. The van der Waals surface area contributed by atoms with Gasteiger partial charge in [0.25, 0.3) is 0 Å². The molecule has 0 saturated heterocycles. The Morgan fingerprint density at radius 3 is 2.72 bits per heavy atom. The summed E-state index contributed by atoms with van der Waals surface area (Å²) in [6.07, 6.45) is 2.17. The molecule has 2 rings (SSSR count). The first-order valence-electron chi connectivity index (χ1n) is 5.59. The quantitative estimate of drug-likeness (QED) is 0.367. The second-order valence-corrected chi connectivity index (χ2v) is 4.63. The van der Waals surface area contributed by atoms with Crippen LogP contribution >= 0.6 is 0 Å². The van der Waals surface area contributed by atoms with E-state index in [1.807, 2.05) is 0 Å². The first kappa shape index (κ1) is 12.6. The Kier molecular flexibility index (Phi) is 3.36. The molecule has 1 saturated carbocycles. The topological polar surface area (TPSA) is 67.8 Å². The highest BCUT2D eigenvalue weighted by Crippen LogP contribution is 2.49. The molecule has 1 aromatic carbocycles. The maximum atomic E-state index is 13.3. The first-order chi connectivity index (χ1) is 8.54. The molecule has 1 aromatic rings. The Labute approximate surface area is 103 Å². The first-order valence-corrected chi connectivity index (χ1v) is 5.59. The number of oxime groups is 1. The van der Waals surface area contributed by atoms with Crippen molar-refractivity contribution in [2.45, 2.75) is 19.3 Å². The van der Waals surface area contributed by atoms with Crippen LogP contribution in [0.5, 0.6) is 5.75 Å². The van der Waals surface area contributed by atoms with Crippen molar-refractivity contribution >= 4 is 5.84 Å². The van der Waals surface area contributed by atoms with E-state index < -0.39 is 11.6 Å². The molecular weight excluding hydrogens is 242 g/mol. The largest absolute Gasteiger partial charge is 0.490 e. The van der Waals surface area contributed by atoms with Crippen molar-refractivity contribution in [2.24, 2.45) is 16.3 Å². The molecule has 0 radical (unpaired) electrons. The number of nitrogens with two attached hydrogens (primary N) is 1. The number of hydrogen-bond donors (Lipinski definition) is 2. The summed E-state index contributed by atoms with van der Waals surface area (Å²) < 4.78 is 31.3. The number of amidine groups is 1. The summed E-state index contributed by atoms with van der Waals surface area (Å²) in [6.45, 7) is 0.270. The van der Waals surface area contributed by atoms with Gasteiger partial charge in [0.1, 0.15) is 11.7 Å². The number of halogens is 2. The highest BCUT2D eigenvalue weighted by Gasteiger charge is 2.44. The zero-order chi connectivity index (χ0) is 13.2. The summed E-state index contributed by atoms with van der Waals surface area (Å²) in [6, 6.07) is 3.17. The molecule has 0 unspecified atom stereocenters. The van der Waals surface area contributed by atoms with Crippen LogP contribution in [-0.4, -0.2) is 17.6 Å². The van der Waals surface area contributed by atoms with Gasteiger partial charge in [-0.05, 0) is 25.0 Å². The molecular formula is C12H14F2N2O2. The fourth-order valence-corrected chi connectivity index (χ4v) is 1.79. The van der Waals surface area contributed by atoms with Crippen LogP contribution in [-0.2, 0) is 0 Å². The number of rotatable bonds is 5. The van der Waals surface area contributed by atoms with Gasteiger partial charge in [-0.3, -0.25) is 0 Å². The summed E-state index contributed by atoms with van der Waals surface area (Å²) in [5.41, 5.74) is 5.26. The lowest BCUT2D eigenvalue weighted by Crippen LogP contribution is -2.22. The van der Waals surface area contributed by atoms with Crippen molar-refractivity contribution in [3.8, 4) is 5.75 Å². The van der Waals surface area contributed by atoms with Crippen LogP contribution in [0.3, 0.4) is 0 Å². The van der Waals surface area contributed by atoms with Crippen molar-refractivity contribution in [3.63, 3.8) is 0 Å². The monoisotopic (exact) mass is 256 g/mol. The highest BCUT2D eigenvalue weighted by atomic mass is 19.1.